The van der Waals surface area contributed by atoms with Gasteiger partial charge in [0.15, 0.2) is 0 Å². The second-order valence-electron chi connectivity index (χ2n) is 6.18. The van der Waals surface area contributed by atoms with E-state index in [0.717, 1.165) is 27.1 Å². The largest absolute Gasteiger partial charge is 0.423 e. The highest BCUT2D eigenvalue weighted by atomic mass is 35.5. The van der Waals surface area contributed by atoms with E-state index in [1.54, 1.807) is 6.07 Å². The molecule has 0 saturated carbocycles. The van der Waals surface area contributed by atoms with E-state index in [1.165, 1.54) is 5.56 Å². The van der Waals surface area contributed by atoms with Crippen LogP contribution in [-0.2, 0) is 6.54 Å². The smallest absolute Gasteiger partial charge is 0.336 e. The Hall–Kier alpha value is -2.10. The molecule has 24 heavy (non-hydrogen) atoms. The van der Waals surface area contributed by atoms with Gasteiger partial charge in [-0.1, -0.05) is 23.7 Å². The van der Waals surface area contributed by atoms with Crippen LogP contribution in [0.5, 0.6) is 0 Å². The number of halogens is 1. The molecular formula is C20H20ClNO2. The van der Waals surface area contributed by atoms with Crippen molar-refractivity contribution >= 4 is 22.6 Å². The summed E-state index contributed by atoms with van der Waals surface area (Å²) in [6.45, 7) is 6.76. The molecule has 0 aliphatic heterocycles. The molecule has 3 rings (SSSR count). The molecule has 3 nitrogen and oxygen atoms in total. The maximum absolute atomic E-state index is 11.8. The van der Waals surface area contributed by atoms with Gasteiger partial charge in [0.1, 0.15) is 5.58 Å². The van der Waals surface area contributed by atoms with Crippen LogP contribution in [0.1, 0.15) is 35.2 Å². The fraction of sp³-hybridized carbons (Fsp3) is 0.250. The van der Waals surface area contributed by atoms with Gasteiger partial charge < -0.3 is 9.73 Å². The van der Waals surface area contributed by atoms with E-state index < -0.39 is 0 Å². The van der Waals surface area contributed by atoms with E-state index in [1.807, 2.05) is 37.3 Å². The van der Waals surface area contributed by atoms with Crippen molar-refractivity contribution in [3.05, 3.63) is 80.2 Å². The summed E-state index contributed by atoms with van der Waals surface area (Å²) in [7, 11) is 0. The lowest BCUT2D eigenvalue weighted by molar-refractivity contribution is 0.547. The van der Waals surface area contributed by atoms with Gasteiger partial charge >= 0.3 is 5.63 Å². The maximum Gasteiger partial charge on any atom is 0.336 e. The lowest BCUT2D eigenvalue weighted by atomic mass is 10.0. The molecule has 3 aromatic rings. The molecule has 1 N–H and O–H groups in total. The molecule has 0 unspecified atom stereocenters. The highest BCUT2D eigenvalue weighted by molar-refractivity contribution is 6.30. The van der Waals surface area contributed by atoms with E-state index in [0.29, 0.717) is 12.1 Å². The summed E-state index contributed by atoms with van der Waals surface area (Å²) in [5, 5.41) is 5.17. The zero-order valence-corrected chi connectivity index (χ0v) is 14.8. The van der Waals surface area contributed by atoms with Crippen molar-refractivity contribution in [1.29, 1.82) is 0 Å². The van der Waals surface area contributed by atoms with Crippen molar-refractivity contribution in [2.45, 2.75) is 33.4 Å². The van der Waals surface area contributed by atoms with Crippen LogP contribution in [0, 0.1) is 13.8 Å². The Balaban J connectivity index is 1.88. The van der Waals surface area contributed by atoms with E-state index in [2.05, 4.69) is 25.2 Å². The third kappa shape index (κ3) is 3.53. The zero-order valence-electron chi connectivity index (χ0n) is 14.0. The Morgan fingerprint density at radius 3 is 2.46 bits per heavy atom. The van der Waals surface area contributed by atoms with Crippen molar-refractivity contribution in [3.8, 4) is 0 Å². The summed E-state index contributed by atoms with van der Waals surface area (Å²) in [4.78, 5) is 11.8. The Labute approximate surface area is 146 Å². The first-order chi connectivity index (χ1) is 11.4. The van der Waals surface area contributed by atoms with E-state index in [4.69, 9.17) is 16.0 Å². The maximum atomic E-state index is 11.8. The first-order valence-corrected chi connectivity index (χ1v) is 8.34. The number of rotatable bonds is 4. The molecule has 1 aromatic heterocycles. The average molecular weight is 342 g/mol. The Bertz CT molecular complexity index is 929. The summed E-state index contributed by atoms with van der Waals surface area (Å²) in [6, 6.07) is 13.5. The highest BCUT2D eigenvalue weighted by Crippen LogP contribution is 2.22. The minimum Gasteiger partial charge on any atom is -0.423 e. The predicted octanol–water partition coefficient (Wildman–Crippen LogP) is 4.91. The third-order valence-electron chi connectivity index (χ3n) is 4.41. The summed E-state index contributed by atoms with van der Waals surface area (Å²) in [5.41, 5.74) is 4.72. The second-order valence-corrected chi connectivity index (χ2v) is 6.61. The standard InChI is InChI=1S/C20H20ClNO2/c1-12-8-18-16(10-20(23)24-19(18)9-13(12)2)11-22-14(3)15-4-6-17(21)7-5-15/h4-10,14,22H,11H2,1-3H3/t14-/m1/s1. The summed E-state index contributed by atoms with van der Waals surface area (Å²) < 4.78 is 5.34. The first kappa shape index (κ1) is 16.7. The Morgan fingerprint density at radius 2 is 1.75 bits per heavy atom. The molecular weight excluding hydrogens is 322 g/mol. The van der Waals surface area contributed by atoms with Crippen LogP contribution in [0.25, 0.3) is 11.0 Å². The van der Waals surface area contributed by atoms with Gasteiger partial charge in [0.2, 0.25) is 0 Å². The SMILES string of the molecule is Cc1cc2oc(=O)cc(CN[C@H](C)c3ccc(Cl)cc3)c2cc1C. The second kappa shape index (κ2) is 6.80. The lowest BCUT2D eigenvalue weighted by Gasteiger charge is -2.15. The topological polar surface area (TPSA) is 42.2 Å². The number of nitrogens with one attached hydrogen (secondary N) is 1. The normalized spacial score (nSPS) is 12.5. The van der Waals surface area contributed by atoms with Crippen molar-refractivity contribution < 1.29 is 4.42 Å². The molecule has 0 aliphatic rings. The Kier molecular flexibility index (Phi) is 4.74. The minimum atomic E-state index is -0.318. The van der Waals surface area contributed by atoms with Gasteiger partial charge in [-0.2, -0.15) is 0 Å². The molecule has 0 aliphatic carbocycles. The molecule has 0 amide bonds. The van der Waals surface area contributed by atoms with Crippen molar-refractivity contribution in [2.24, 2.45) is 0 Å². The number of fused-ring (bicyclic) bond motifs is 1. The van der Waals surface area contributed by atoms with Crippen LogP contribution in [-0.4, -0.2) is 0 Å². The van der Waals surface area contributed by atoms with Gasteiger partial charge in [0.05, 0.1) is 0 Å². The van der Waals surface area contributed by atoms with Crippen LogP contribution in [0.3, 0.4) is 0 Å². The molecule has 0 spiro atoms. The van der Waals surface area contributed by atoms with Crippen LogP contribution < -0.4 is 10.9 Å². The Morgan fingerprint density at radius 1 is 1.08 bits per heavy atom. The first-order valence-electron chi connectivity index (χ1n) is 7.97. The summed E-state index contributed by atoms with van der Waals surface area (Å²) in [6.07, 6.45) is 0. The highest BCUT2D eigenvalue weighted by Gasteiger charge is 2.10. The van der Waals surface area contributed by atoms with Gasteiger partial charge in [0, 0.05) is 29.1 Å². The van der Waals surface area contributed by atoms with Gasteiger partial charge in [-0.15, -0.1) is 0 Å². The van der Waals surface area contributed by atoms with Crippen LogP contribution in [0.4, 0.5) is 0 Å². The van der Waals surface area contributed by atoms with Crippen LogP contribution in [0.2, 0.25) is 5.02 Å². The van der Waals surface area contributed by atoms with E-state index >= 15 is 0 Å². The molecule has 0 fully saturated rings. The van der Waals surface area contributed by atoms with E-state index in [9.17, 15) is 4.79 Å². The minimum absolute atomic E-state index is 0.149. The fourth-order valence-corrected chi connectivity index (χ4v) is 2.89. The van der Waals surface area contributed by atoms with Gasteiger partial charge in [-0.05, 0) is 67.3 Å². The molecule has 0 bridgehead atoms. The summed E-state index contributed by atoms with van der Waals surface area (Å²) in [5.74, 6) is 0. The summed E-state index contributed by atoms with van der Waals surface area (Å²) >= 11 is 5.93. The quantitative estimate of drug-likeness (QED) is 0.685. The molecule has 1 atom stereocenters. The monoisotopic (exact) mass is 341 g/mol. The predicted molar refractivity (Wildman–Crippen MR) is 98.7 cm³/mol. The van der Waals surface area contributed by atoms with Crippen molar-refractivity contribution in [1.82, 2.24) is 5.32 Å². The molecule has 0 radical (unpaired) electrons. The van der Waals surface area contributed by atoms with Gasteiger partial charge in [0.25, 0.3) is 0 Å². The molecule has 124 valence electrons. The molecule has 1 heterocycles. The van der Waals surface area contributed by atoms with Gasteiger partial charge in [-0.25, -0.2) is 4.79 Å². The van der Waals surface area contributed by atoms with Crippen LogP contribution in [0.15, 0.2) is 51.7 Å². The third-order valence-corrected chi connectivity index (χ3v) is 4.67. The number of hydrogen-bond acceptors (Lipinski definition) is 3. The molecule has 2 aromatic carbocycles. The van der Waals surface area contributed by atoms with Crippen LogP contribution >= 0.6 is 11.6 Å². The number of hydrogen-bond donors (Lipinski definition) is 1. The van der Waals surface area contributed by atoms with E-state index in [-0.39, 0.29) is 11.7 Å². The van der Waals surface area contributed by atoms with Crippen molar-refractivity contribution in [3.63, 3.8) is 0 Å². The number of benzene rings is 2. The lowest BCUT2D eigenvalue weighted by Crippen LogP contribution is -2.19. The van der Waals surface area contributed by atoms with Crippen molar-refractivity contribution in [2.75, 3.05) is 0 Å². The number of aryl methyl sites for hydroxylation is 2. The molecule has 0 saturated heterocycles. The zero-order chi connectivity index (χ0) is 17.3. The van der Waals surface area contributed by atoms with Gasteiger partial charge in [-0.3, -0.25) is 0 Å². The molecule has 4 heteroatoms. The average Bonchev–Trinajstić information content (AvgIpc) is 2.54. The fourth-order valence-electron chi connectivity index (χ4n) is 2.76.